The fourth-order valence-corrected chi connectivity index (χ4v) is 1.68. The van der Waals surface area contributed by atoms with E-state index in [4.69, 9.17) is 4.74 Å². The molecule has 0 aromatic carbocycles. The largest absolute Gasteiger partial charge is 0.460 e. The van der Waals surface area contributed by atoms with Gasteiger partial charge in [0, 0.05) is 6.42 Å². The first-order chi connectivity index (χ1) is 6.74. The molecule has 1 aliphatic carbocycles. The molecule has 3 heteroatoms. The van der Waals surface area contributed by atoms with E-state index in [1.807, 2.05) is 0 Å². The van der Waals surface area contributed by atoms with E-state index in [0.29, 0.717) is 0 Å². The van der Waals surface area contributed by atoms with Gasteiger partial charge in [0.2, 0.25) is 0 Å². The van der Waals surface area contributed by atoms with Gasteiger partial charge in [-0.15, -0.1) is 6.58 Å². The molecule has 0 aromatic heterocycles. The topological polar surface area (TPSA) is 46.5 Å². The number of esters is 1. The summed E-state index contributed by atoms with van der Waals surface area (Å²) in [7, 11) is 0. The van der Waals surface area contributed by atoms with Gasteiger partial charge in [0.15, 0.2) is 6.10 Å². The molecule has 0 radical (unpaired) electrons. The van der Waals surface area contributed by atoms with Gasteiger partial charge in [-0.05, 0) is 25.7 Å². The Morgan fingerprint density at radius 3 is 2.71 bits per heavy atom. The summed E-state index contributed by atoms with van der Waals surface area (Å²) in [5.41, 5.74) is 0. The van der Waals surface area contributed by atoms with Crippen molar-refractivity contribution in [1.82, 2.24) is 0 Å². The van der Waals surface area contributed by atoms with Crippen LogP contribution in [0, 0.1) is 0 Å². The third-order valence-corrected chi connectivity index (χ3v) is 2.50. The number of carbonyl (C=O) groups is 1. The summed E-state index contributed by atoms with van der Waals surface area (Å²) in [4.78, 5) is 11.3. The van der Waals surface area contributed by atoms with Crippen LogP contribution in [0.5, 0.6) is 0 Å². The Bertz CT molecular complexity index is 195. The van der Waals surface area contributed by atoms with E-state index in [-0.39, 0.29) is 12.5 Å². The molecule has 0 aliphatic heterocycles. The number of ether oxygens (including phenoxy) is 1. The first-order valence-electron chi connectivity index (χ1n) is 5.23. The number of carbonyl (C=O) groups excluding carboxylic acids is 1. The second kappa shape index (κ2) is 5.81. The van der Waals surface area contributed by atoms with E-state index >= 15 is 0 Å². The summed E-state index contributed by atoms with van der Waals surface area (Å²) in [5, 5.41) is 9.30. The molecule has 1 aliphatic rings. The van der Waals surface area contributed by atoms with Crippen LogP contribution in [-0.4, -0.2) is 23.3 Å². The van der Waals surface area contributed by atoms with Crippen molar-refractivity contribution in [2.24, 2.45) is 0 Å². The molecule has 80 valence electrons. The Kier molecular flexibility index (Phi) is 4.66. The molecular formula is C11H18O3. The van der Waals surface area contributed by atoms with Crippen LogP contribution < -0.4 is 0 Å². The van der Waals surface area contributed by atoms with Crippen LogP contribution in [0.3, 0.4) is 0 Å². The van der Waals surface area contributed by atoms with Crippen molar-refractivity contribution in [1.29, 1.82) is 0 Å². The monoisotopic (exact) mass is 198 g/mol. The van der Waals surface area contributed by atoms with Crippen molar-refractivity contribution in [2.45, 2.75) is 50.7 Å². The van der Waals surface area contributed by atoms with Gasteiger partial charge < -0.3 is 9.84 Å². The van der Waals surface area contributed by atoms with E-state index in [1.165, 1.54) is 12.5 Å². The lowest BCUT2D eigenvalue weighted by molar-refractivity contribution is -0.160. The molecule has 3 nitrogen and oxygen atoms in total. The minimum atomic E-state index is -1.03. The molecule has 1 atom stereocenters. The molecule has 1 saturated carbocycles. The van der Waals surface area contributed by atoms with Gasteiger partial charge in [-0.3, -0.25) is 0 Å². The Labute approximate surface area is 84.8 Å². The van der Waals surface area contributed by atoms with Gasteiger partial charge in [-0.2, -0.15) is 0 Å². The van der Waals surface area contributed by atoms with Gasteiger partial charge in [0.1, 0.15) is 6.10 Å². The van der Waals surface area contributed by atoms with E-state index in [0.717, 1.165) is 25.7 Å². The maximum absolute atomic E-state index is 11.3. The third-order valence-electron chi connectivity index (χ3n) is 2.50. The molecule has 0 heterocycles. The first kappa shape index (κ1) is 11.2. The van der Waals surface area contributed by atoms with Crippen molar-refractivity contribution in [3.63, 3.8) is 0 Å². The predicted octanol–water partition coefficient (Wildman–Crippen LogP) is 1.80. The summed E-state index contributed by atoms with van der Waals surface area (Å²) in [5.74, 6) is -0.503. The zero-order valence-corrected chi connectivity index (χ0v) is 8.45. The molecule has 0 bridgehead atoms. The molecule has 1 fully saturated rings. The smallest absolute Gasteiger partial charge is 0.335 e. The summed E-state index contributed by atoms with van der Waals surface area (Å²) in [6.07, 6.45) is 6.12. The average Bonchev–Trinajstić information content (AvgIpc) is 2.19. The molecular weight excluding hydrogens is 180 g/mol. The molecule has 1 rings (SSSR count). The first-order valence-corrected chi connectivity index (χ1v) is 5.23. The second-order valence-electron chi connectivity index (χ2n) is 3.74. The molecule has 0 spiro atoms. The van der Waals surface area contributed by atoms with Crippen molar-refractivity contribution < 1.29 is 14.6 Å². The van der Waals surface area contributed by atoms with Crippen molar-refractivity contribution in [3.8, 4) is 0 Å². The molecule has 1 N–H and O–H groups in total. The summed E-state index contributed by atoms with van der Waals surface area (Å²) >= 11 is 0. The predicted molar refractivity (Wildman–Crippen MR) is 53.8 cm³/mol. The van der Waals surface area contributed by atoms with Crippen LogP contribution in [0.15, 0.2) is 12.7 Å². The van der Waals surface area contributed by atoms with Crippen molar-refractivity contribution >= 4 is 5.97 Å². The lowest BCUT2D eigenvalue weighted by atomic mass is 9.98. The summed E-state index contributed by atoms with van der Waals surface area (Å²) in [6.45, 7) is 3.46. The molecule has 0 aromatic rings. The van der Waals surface area contributed by atoms with Crippen LogP contribution >= 0.6 is 0 Å². The van der Waals surface area contributed by atoms with Crippen LogP contribution in [0.1, 0.15) is 38.5 Å². The molecule has 0 saturated heterocycles. The standard InChI is InChI=1S/C11H18O3/c1-2-6-10(12)11(13)14-9-7-4-3-5-8-9/h2,9-10,12H,1,3-8H2. The lowest BCUT2D eigenvalue weighted by Crippen LogP contribution is -2.28. The molecule has 1 unspecified atom stereocenters. The fraction of sp³-hybridized carbons (Fsp3) is 0.727. The van der Waals surface area contributed by atoms with Gasteiger partial charge >= 0.3 is 5.97 Å². The van der Waals surface area contributed by atoms with E-state index in [1.54, 1.807) is 0 Å². The van der Waals surface area contributed by atoms with Crippen LogP contribution in [-0.2, 0) is 9.53 Å². The Morgan fingerprint density at radius 2 is 2.14 bits per heavy atom. The normalized spacial score (nSPS) is 20.1. The number of aliphatic hydroxyl groups is 1. The second-order valence-corrected chi connectivity index (χ2v) is 3.74. The molecule has 0 amide bonds. The minimum Gasteiger partial charge on any atom is -0.460 e. The van der Waals surface area contributed by atoms with Crippen molar-refractivity contribution in [3.05, 3.63) is 12.7 Å². The Hall–Kier alpha value is -0.830. The number of hydrogen-bond acceptors (Lipinski definition) is 3. The fourth-order valence-electron chi connectivity index (χ4n) is 1.68. The van der Waals surface area contributed by atoms with Crippen LogP contribution in [0.2, 0.25) is 0 Å². The number of rotatable bonds is 4. The quantitative estimate of drug-likeness (QED) is 0.553. The molecule has 14 heavy (non-hydrogen) atoms. The lowest BCUT2D eigenvalue weighted by Gasteiger charge is -2.22. The summed E-state index contributed by atoms with van der Waals surface area (Å²) in [6, 6.07) is 0. The van der Waals surface area contributed by atoms with Crippen LogP contribution in [0.25, 0.3) is 0 Å². The maximum atomic E-state index is 11.3. The third kappa shape index (κ3) is 3.50. The zero-order chi connectivity index (χ0) is 10.4. The van der Waals surface area contributed by atoms with Gasteiger partial charge in [-0.25, -0.2) is 4.79 Å². The van der Waals surface area contributed by atoms with E-state index in [9.17, 15) is 9.90 Å². The summed E-state index contributed by atoms with van der Waals surface area (Å²) < 4.78 is 5.17. The zero-order valence-electron chi connectivity index (χ0n) is 8.45. The minimum absolute atomic E-state index is 0.0238. The Morgan fingerprint density at radius 1 is 1.50 bits per heavy atom. The van der Waals surface area contributed by atoms with Crippen molar-refractivity contribution in [2.75, 3.05) is 0 Å². The highest BCUT2D eigenvalue weighted by molar-refractivity contribution is 5.74. The van der Waals surface area contributed by atoms with Gasteiger partial charge in [0.05, 0.1) is 0 Å². The van der Waals surface area contributed by atoms with Gasteiger partial charge in [-0.1, -0.05) is 12.5 Å². The SMILES string of the molecule is C=CCC(O)C(=O)OC1CCCCC1. The van der Waals surface area contributed by atoms with Gasteiger partial charge in [0.25, 0.3) is 0 Å². The van der Waals surface area contributed by atoms with Crippen LogP contribution in [0.4, 0.5) is 0 Å². The highest BCUT2D eigenvalue weighted by atomic mass is 16.6. The number of hydrogen-bond donors (Lipinski definition) is 1. The Balaban J connectivity index is 2.27. The van der Waals surface area contributed by atoms with E-state index < -0.39 is 12.1 Å². The number of aliphatic hydroxyl groups excluding tert-OH is 1. The van der Waals surface area contributed by atoms with E-state index in [2.05, 4.69) is 6.58 Å². The highest BCUT2D eigenvalue weighted by Gasteiger charge is 2.21. The average molecular weight is 198 g/mol. The maximum Gasteiger partial charge on any atom is 0.335 e. The highest BCUT2D eigenvalue weighted by Crippen LogP contribution is 2.20.